The van der Waals surface area contributed by atoms with Crippen LogP contribution in [0.1, 0.15) is 35.6 Å². The van der Waals surface area contributed by atoms with E-state index in [1.54, 1.807) is 24.2 Å². The highest BCUT2D eigenvalue weighted by Gasteiger charge is 2.22. The number of thioether (sulfide) groups is 1. The third-order valence-corrected chi connectivity index (χ3v) is 4.38. The summed E-state index contributed by atoms with van der Waals surface area (Å²) < 4.78 is 5.64. The Hall–Kier alpha value is -1.33. The van der Waals surface area contributed by atoms with Gasteiger partial charge in [0.25, 0.3) is 5.22 Å². The standard InChI is InChI=1S/C14H19N3OS/c1-4-12(15)13(11-5-7-16-8-6-11)19-14-17-9(2)10(3)18-14/h5-8,12-13H,4,15H2,1-3H3. The molecular weight excluding hydrogens is 258 g/mol. The molecule has 19 heavy (non-hydrogen) atoms. The molecule has 2 aromatic rings. The molecule has 2 aromatic heterocycles. The molecule has 0 fully saturated rings. The van der Waals surface area contributed by atoms with Gasteiger partial charge >= 0.3 is 0 Å². The van der Waals surface area contributed by atoms with E-state index in [2.05, 4.69) is 16.9 Å². The van der Waals surface area contributed by atoms with Crippen LogP contribution in [0.2, 0.25) is 0 Å². The lowest BCUT2D eigenvalue weighted by atomic mass is 10.1. The molecule has 0 saturated carbocycles. The zero-order valence-electron chi connectivity index (χ0n) is 11.5. The van der Waals surface area contributed by atoms with Crippen molar-refractivity contribution in [3.63, 3.8) is 0 Å². The minimum atomic E-state index is 0.0555. The predicted octanol–water partition coefficient (Wildman–Crippen LogP) is 3.26. The Bertz CT molecular complexity index is 507. The highest BCUT2D eigenvalue weighted by molar-refractivity contribution is 7.99. The Kier molecular flexibility index (Phi) is 4.61. The van der Waals surface area contributed by atoms with Crippen molar-refractivity contribution in [3.05, 3.63) is 41.5 Å². The largest absolute Gasteiger partial charge is 0.437 e. The van der Waals surface area contributed by atoms with Gasteiger partial charge in [-0.1, -0.05) is 18.7 Å². The summed E-state index contributed by atoms with van der Waals surface area (Å²) in [5.41, 5.74) is 8.32. The van der Waals surface area contributed by atoms with E-state index in [0.29, 0.717) is 5.22 Å². The highest BCUT2D eigenvalue weighted by Crippen LogP contribution is 2.37. The van der Waals surface area contributed by atoms with Gasteiger partial charge in [-0.25, -0.2) is 4.98 Å². The van der Waals surface area contributed by atoms with Crippen LogP contribution in [0.15, 0.2) is 34.2 Å². The van der Waals surface area contributed by atoms with Gasteiger partial charge < -0.3 is 10.2 Å². The van der Waals surface area contributed by atoms with Crippen LogP contribution in [-0.4, -0.2) is 16.0 Å². The fourth-order valence-corrected chi connectivity index (χ4v) is 3.01. The number of rotatable bonds is 5. The second-order valence-corrected chi connectivity index (χ2v) is 5.61. The number of hydrogen-bond donors (Lipinski definition) is 1. The molecule has 2 heterocycles. The van der Waals surface area contributed by atoms with E-state index in [9.17, 15) is 0 Å². The molecule has 0 amide bonds. The van der Waals surface area contributed by atoms with Crippen molar-refractivity contribution in [2.45, 2.75) is 43.7 Å². The molecule has 0 spiro atoms. The van der Waals surface area contributed by atoms with Crippen molar-refractivity contribution in [2.24, 2.45) is 5.73 Å². The first-order valence-electron chi connectivity index (χ1n) is 6.38. The number of nitrogens with two attached hydrogens (primary N) is 1. The zero-order valence-corrected chi connectivity index (χ0v) is 12.3. The summed E-state index contributed by atoms with van der Waals surface area (Å²) in [5, 5.41) is 0.811. The average molecular weight is 277 g/mol. The quantitative estimate of drug-likeness (QED) is 0.850. The topological polar surface area (TPSA) is 64.9 Å². The molecule has 0 bridgehead atoms. The maximum absolute atomic E-state index is 6.23. The van der Waals surface area contributed by atoms with Crippen molar-refractivity contribution in [1.29, 1.82) is 0 Å². The van der Waals surface area contributed by atoms with Gasteiger partial charge in [0.15, 0.2) is 0 Å². The lowest BCUT2D eigenvalue weighted by Crippen LogP contribution is -2.25. The smallest absolute Gasteiger partial charge is 0.256 e. The van der Waals surface area contributed by atoms with Crippen LogP contribution >= 0.6 is 11.8 Å². The van der Waals surface area contributed by atoms with E-state index in [4.69, 9.17) is 10.2 Å². The number of oxazole rings is 1. The Morgan fingerprint density at radius 2 is 2.00 bits per heavy atom. The summed E-state index contributed by atoms with van der Waals surface area (Å²) >= 11 is 1.58. The Morgan fingerprint density at radius 1 is 1.32 bits per heavy atom. The van der Waals surface area contributed by atoms with E-state index in [1.807, 2.05) is 26.0 Å². The second-order valence-electron chi connectivity index (χ2n) is 4.51. The first-order chi connectivity index (χ1) is 9.11. The first kappa shape index (κ1) is 14.1. The lowest BCUT2D eigenvalue weighted by molar-refractivity contribution is 0.429. The second kappa shape index (κ2) is 6.21. The molecule has 5 heteroatoms. The van der Waals surface area contributed by atoms with Crippen LogP contribution in [0, 0.1) is 13.8 Å². The van der Waals surface area contributed by atoms with Crippen LogP contribution in [0.5, 0.6) is 0 Å². The monoisotopic (exact) mass is 277 g/mol. The normalized spacial score (nSPS) is 14.3. The van der Waals surface area contributed by atoms with Gasteiger partial charge in [-0.05, 0) is 38.0 Å². The number of pyridine rings is 1. The van der Waals surface area contributed by atoms with Gasteiger partial charge in [0, 0.05) is 18.4 Å². The summed E-state index contributed by atoms with van der Waals surface area (Å²) in [4.78, 5) is 8.47. The average Bonchev–Trinajstić information content (AvgIpc) is 2.75. The van der Waals surface area contributed by atoms with Gasteiger partial charge in [-0.15, -0.1) is 0 Å². The summed E-state index contributed by atoms with van der Waals surface area (Å²) in [7, 11) is 0. The third kappa shape index (κ3) is 3.36. The first-order valence-corrected chi connectivity index (χ1v) is 7.26. The van der Waals surface area contributed by atoms with Crippen molar-refractivity contribution in [2.75, 3.05) is 0 Å². The number of nitrogens with zero attached hydrogens (tertiary/aromatic N) is 2. The SMILES string of the molecule is CCC(N)C(Sc1nc(C)c(C)o1)c1ccncc1. The molecule has 0 aliphatic rings. The van der Waals surface area contributed by atoms with E-state index in [0.717, 1.165) is 23.4 Å². The van der Waals surface area contributed by atoms with Crippen molar-refractivity contribution in [1.82, 2.24) is 9.97 Å². The van der Waals surface area contributed by atoms with Crippen molar-refractivity contribution < 1.29 is 4.42 Å². The van der Waals surface area contributed by atoms with E-state index in [-0.39, 0.29) is 11.3 Å². The van der Waals surface area contributed by atoms with Crippen molar-refractivity contribution >= 4 is 11.8 Å². The van der Waals surface area contributed by atoms with Crippen molar-refractivity contribution in [3.8, 4) is 0 Å². The minimum absolute atomic E-state index is 0.0555. The van der Waals surface area contributed by atoms with Crippen LogP contribution in [-0.2, 0) is 0 Å². The molecule has 2 N–H and O–H groups in total. The molecule has 0 aliphatic carbocycles. The fourth-order valence-electron chi connectivity index (χ4n) is 1.77. The summed E-state index contributed by atoms with van der Waals surface area (Å²) in [6.07, 6.45) is 4.48. The fraction of sp³-hybridized carbons (Fsp3) is 0.429. The summed E-state index contributed by atoms with van der Waals surface area (Å²) in [6, 6.07) is 4.05. The predicted molar refractivity (Wildman–Crippen MR) is 77.1 cm³/mol. The zero-order chi connectivity index (χ0) is 13.8. The van der Waals surface area contributed by atoms with E-state index in [1.165, 1.54) is 0 Å². The lowest BCUT2D eigenvalue weighted by Gasteiger charge is -2.21. The molecular formula is C14H19N3OS. The third-order valence-electron chi connectivity index (χ3n) is 3.13. The molecule has 0 radical (unpaired) electrons. The van der Waals surface area contributed by atoms with Crippen LogP contribution < -0.4 is 5.73 Å². The van der Waals surface area contributed by atoms with Crippen LogP contribution in [0.25, 0.3) is 0 Å². The Labute approximate surface area is 117 Å². The summed E-state index contributed by atoms with van der Waals surface area (Å²) in [5.74, 6) is 0.862. The number of hydrogen-bond acceptors (Lipinski definition) is 5. The molecule has 4 nitrogen and oxygen atoms in total. The molecule has 2 rings (SSSR count). The maximum atomic E-state index is 6.23. The van der Waals surface area contributed by atoms with E-state index >= 15 is 0 Å². The Morgan fingerprint density at radius 3 is 2.53 bits per heavy atom. The summed E-state index contributed by atoms with van der Waals surface area (Å²) in [6.45, 7) is 5.96. The molecule has 0 aromatic carbocycles. The molecule has 102 valence electrons. The molecule has 0 aliphatic heterocycles. The highest BCUT2D eigenvalue weighted by atomic mass is 32.2. The maximum Gasteiger partial charge on any atom is 0.256 e. The molecule has 0 saturated heterocycles. The number of aryl methyl sites for hydroxylation is 2. The van der Waals surface area contributed by atoms with E-state index < -0.39 is 0 Å². The minimum Gasteiger partial charge on any atom is -0.437 e. The number of aromatic nitrogens is 2. The van der Waals surface area contributed by atoms with Crippen LogP contribution in [0.3, 0.4) is 0 Å². The van der Waals surface area contributed by atoms with Gasteiger partial charge in [0.05, 0.1) is 10.9 Å². The van der Waals surface area contributed by atoms with Gasteiger partial charge in [0.2, 0.25) is 0 Å². The van der Waals surface area contributed by atoms with Gasteiger partial charge in [-0.2, -0.15) is 0 Å². The van der Waals surface area contributed by atoms with Crippen LogP contribution in [0.4, 0.5) is 0 Å². The molecule has 2 unspecified atom stereocenters. The molecule has 2 atom stereocenters. The Balaban J connectivity index is 2.24. The van der Waals surface area contributed by atoms with Gasteiger partial charge in [-0.3, -0.25) is 4.98 Å². The van der Waals surface area contributed by atoms with Gasteiger partial charge in [0.1, 0.15) is 5.76 Å².